The van der Waals surface area contributed by atoms with E-state index >= 15 is 0 Å². The number of benzene rings is 1. The third-order valence-corrected chi connectivity index (χ3v) is 2.68. The van der Waals surface area contributed by atoms with Gasteiger partial charge in [-0.2, -0.15) is 0 Å². The van der Waals surface area contributed by atoms with Crippen LogP contribution in [-0.4, -0.2) is 43.9 Å². The smallest absolute Gasteiger partial charge is 0.165 e. The maximum Gasteiger partial charge on any atom is 0.165 e. The van der Waals surface area contributed by atoms with Crippen LogP contribution in [-0.2, 0) is 0 Å². The lowest BCUT2D eigenvalue weighted by Gasteiger charge is -2.28. The highest BCUT2D eigenvalue weighted by Crippen LogP contribution is 2.26. The van der Waals surface area contributed by atoms with Crippen molar-refractivity contribution in [2.45, 2.75) is 12.1 Å². The summed E-state index contributed by atoms with van der Waals surface area (Å²) in [5, 5.41) is 9.84. The van der Waals surface area contributed by atoms with Crippen molar-refractivity contribution in [1.82, 2.24) is 4.90 Å². The van der Waals surface area contributed by atoms with E-state index in [4.69, 9.17) is 10.5 Å². The van der Waals surface area contributed by atoms with Crippen molar-refractivity contribution < 1.29 is 14.2 Å². The molecular weight excluding hydrogens is 223 g/mol. The van der Waals surface area contributed by atoms with Crippen LogP contribution in [0.3, 0.4) is 0 Å². The molecule has 1 aromatic carbocycles. The number of nitrogens with zero attached hydrogens (tertiary/aromatic N) is 1. The molecule has 0 radical (unpaired) electrons. The van der Waals surface area contributed by atoms with Gasteiger partial charge in [0, 0.05) is 6.54 Å². The van der Waals surface area contributed by atoms with Crippen LogP contribution in [0.5, 0.6) is 5.75 Å². The molecule has 0 saturated heterocycles. The van der Waals surface area contributed by atoms with Crippen molar-refractivity contribution in [1.29, 1.82) is 0 Å². The Morgan fingerprint density at radius 1 is 1.47 bits per heavy atom. The largest absolute Gasteiger partial charge is 0.494 e. The highest BCUT2D eigenvalue weighted by Gasteiger charge is 2.23. The normalized spacial score (nSPS) is 14.8. The molecule has 0 heterocycles. The molecule has 0 bridgehead atoms. The Balaban J connectivity index is 3.07. The number of aliphatic hydroxyl groups excluding tert-OH is 1. The van der Waals surface area contributed by atoms with Crippen molar-refractivity contribution >= 4 is 0 Å². The summed E-state index contributed by atoms with van der Waals surface area (Å²) in [6, 6.07) is 4.30. The molecule has 4 nitrogen and oxygen atoms in total. The lowest BCUT2D eigenvalue weighted by atomic mass is 10.00. The maximum atomic E-state index is 13.6. The number of hydrogen-bond donors (Lipinski definition) is 2. The SMILES string of the molecule is COc1ccc(C(C(O)CN)N(C)C)cc1F. The van der Waals surface area contributed by atoms with Crippen LogP contribution in [0.2, 0.25) is 0 Å². The Hall–Kier alpha value is -1.17. The Morgan fingerprint density at radius 3 is 2.53 bits per heavy atom. The molecule has 0 saturated carbocycles. The van der Waals surface area contributed by atoms with E-state index in [1.54, 1.807) is 17.0 Å². The molecule has 0 aromatic heterocycles. The van der Waals surface area contributed by atoms with Crippen LogP contribution in [0.25, 0.3) is 0 Å². The number of methoxy groups -OCH3 is 1. The molecule has 1 rings (SSSR count). The molecule has 96 valence electrons. The molecule has 0 spiro atoms. The minimum absolute atomic E-state index is 0.122. The third-order valence-electron chi connectivity index (χ3n) is 2.68. The van der Waals surface area contributed by atoms with E-state index in [0.717, 1.165) is 0 Å². The van der Waals surface area contributed by atoms with Gasteiger partial charge in [-0.3, -0.25) is 0 Å². The van der Waals surface area contributed by atoms with Crippen molar-refractivity contribution in [3.8, 4) is 5.75 Å². The lowest BCUT2D eigenvalue weighted by molar-refractivity contribution is 0.0821. The predicted octanol–water partition coefficient (Wildman–Crippen LogP) is 0.757. The van der Waals surface area contributed by atoms with Gasteiger partial charge in [-0.25, -0.2) is 4.39 Å². The lowest BCUT2D eigenvalue weighted by Crippen LogP contribution is -2.36. The molecule has 0 aliphatic rings. The topological polar surface area (TPSA) is 58.7 Å². The number of hydrogen-bond acceptors (Lipinski definition) is 4. The summed E-state index contributed by atoms with van der Waals surface area (Å²) in [5.74, 6) is -0.255. The molecule has 0 fully saturated rings. The zero-order valence-electron chi connectivity index (χ0n) is 10.4. The molecule has 0 aliphatic heterocycles. The second kappa shape index (κ2) is 5.95. The van der Waals surface area contributed by atoms with E-state index in [2.05, 4.69) is 0 Å². The fraction of sp³-hybridized carbons (Fsp3) is 0.500. The van der Waals surface area contributed by atoms with Gasteiger partial charge in [0.1, 0.15) is 0 Å². The van der Waals surface area contributed by atoms with Crippen molar-refractivity contribution in [2.24, 2.45) is 5.73 Å². The maximum absolute atomic E-state index is 13.6. The Morgan fingerprint density at radius 2 is 2.12 bits per heavy atom. The molecule has 1 aromatic rings. The van der Waals surface area contributed by atoms with E-state index < -0.39 is 11.9 Å². The second-order valence-electron chi connectivity index (χ2n) is 4.11. The fourth-order valence-corrected chi connectivity index (χ4v) is 1.86. The van der Waals surface area contributed by atoms with Gasteiger partial charge in [-0.05, 0) is 31.8 Å². The van der Waals surface area contributed by atoms with Gasteiger partial charge >= 0.3 is 0 Å². The van der Waals surface area contributed by atoms with Crippen molar-refractivity contribution in [3.63, 3.8) is 0 Å². The molecule has 5 heteroatoms. The van der Waals surface area contributed by atoms with Crippen molar-refractivity contribution in [2.75, 3.05) is 27.7 Å². The van der Waals surface area contributed by atoms with E-state index in [9.17, 15) is 9.50 Å². The molecule has 17 heavy (non-hydrogen) atoms. The monoisotopic (exact) mass is 242 g/mol. The van der Waals surface area contributed by atoms with Crippen LogP contribution in [0, 0.1) is 5.82 Å². The Labute approximate surface area is 101 Å². The number of likely N-dealkylation sites (N-methyl/N-ethyl adjacent to an activating group) is 1. The number of aliphatic hydroxyl groups is 1. The molecule has 2 atom stereocenters. The third kappa shape index (κ3) is 3.15. The number of halogens is 1. The molecule has 0 amide bonds. The van der Waals surface area contributed by atoms with Gasteiger partial charge in [0.15, 0.2) is 11.6 Å². The predicted molar refractivity (Wildman–Crippen MR) is 64.4 cm³/mol. The number of rotatable bonds is 5. The first-order chi connectivity index (χ1) is 8.01. The highest BCUT2D eigenvalue weighted by atomic mass is 19.1. The van der Waals surface area contributed by atoms with Crippen LogP contribution >= 0.6 is 0 Å². The van der Waals surface area contributed by atoms with E-state index in [-0.39, 0.29) is 18.3 Å². The average molecular weight is 242 g/mol. The summed E-state index contributed by atoms with van der Waals surface area (Å²) in [6.45, 7) is 0.122. The first-order valence-electron chi connectivity index (χ1n) is 5.39. The van der Waals surface area contributed by atoms with Crippen LogP contribution < -0.4 is 10.5 Å². The summed E-state index contributed by atoms with van der Waals surface area (Å²) < 4.78 is 18.4. The van der Waals surface area contributed by atoms with Crippen LogP contribution in [0.15, 0.2) is 18.2 Å². The summed E-state index contributed by atoms with van der Waals surface area (Å²) in [7, 11) is 5.04. The molecule has 2 unspecified atom stereocenters. The first kappa shape index (κ1) is 13.9. The summed E-state index contributed by atoms with van der Waals surface area (Å²) in [6.07, 6.45) is -0.738. The van der Waals surface area contributed by atoms with Crippen LogP contribution in [0.4, 0.5) is 4.39 Å². The fourth-order valence-electron chi connectivity index (χ4n) is 1.86. The standard InChI is InChI=1S/C12H19FN2O2/c1-15(2)12(10(16)7-14)8-4-5-11(17-3)9(13)6-8/h4-6,10,12,16H,7,14H2,1-3H3. The number of ether oxygens (including phenoxy) is 1. The van der Waals surface area contributed by atoms with Gasteiger partial charge in [-0.1, -0.05) is 6.07 Å². The minimum Gasteiger partial charge on any atom is -0.494 e. The minimum atomic E-state index is -0.738. The molecule has 0 aliphatic carbocycles. The summed E-state index contributed by atoms with van der Waals surface area (Å²) >= 11 is 0. The van der Waals surface area contributed by atoms with Gasteiger partial charge in [0.2, 0.25) is 0 Å². The quantitative estimate of drug-likeness (QED) is 0.800. The first-order valence-corrected chi connectivity index (χ1v) is 5.39. The van der Waals surface area contributed by atoms with Crippen LogP contribution in [0.1, 0.15) is 11.6 Å². The second-order valence-corrected chi connectivity index (χ2v) is 4.11. The zero-order valence-corrected chi connectivity index (χ0v) is 10.4. The molecule has 3 N–H and O–H groups in total. The van der Waals surface area contributed by atoms with Gasteiger partial charge in [0.05, 0.1) is 19.3 Å². The van der Waals surface area contributed by atoms with Gasteiger partial charge < -0.3 is 20.5 Å². The highest BCUT2D eigenvalue weighted by molar-refractivity contribution is 5.31. The number of nitrogens with two attached hydrogens (primary N) is 1. The zero-order chi connectivity index (χ0) is 13.0. The summed E-state index contributed by atoms with van der Waals surface area (Å²) in [5.41, 5.74) is 6.12. The summed E-state index contributed by atoms with van der Waals surface area (Å²) in [4.78, 5) is 1.80. The van der Waals surface area contributed by atoms with Gasteiger partial charge in [0.25, 0.3) is 0 Å². The van der Waals surface area contributed by atoms with E-state index in [1.807, 2.05) is 14.1 Å². The van der Waals surface area contributed by atoms with Gasteiger partial charge in [-0.15, -0.1) is 0 Å². The Kier molecular flexibility index (Phi) is 4.86. The van der Waals surface area contributed by atoms with Crippen molar-refractivity contribution in [3.05, 3.63) is 29.6 Å². The Bertz CT molecular complexity index is 372. The van der Waals surface area contributed by atoms with E-state index in [1.165, 1.54) is 13.2 Å². The molecular formula is C12H19FN2O2. The van der Waals surface area contributed by atoms with E-state index in [0.29, 0.717) is 5.56 Å². The average Bonchev–Trinajstić information content (AvgIpc) is 2.28.